The maximum absolute atomic E-state index is 13.4. The second kappa shape index (κ2) is 7.86. The van der Waals surface area contributed by atoms with Gasteiger partial charge in [-0.3, -0.25) is 4.79 Å². The first-order valence-electron chi connectivity index (χ1n) is 9.58. The highest BCUT2D eigenvalue weighted by molar-refractivity contribution is 5.87. The Morgan fingerprint density at radius 1 is 0.880 bits per heavy atom. The first-order chi connectivity index (χ1) is 12.2. The van der Waals surface area contributed by atoms with Crippen LogP contribution in [0, 0.1) is 5.41 Å². The highest BCUT2D eigenvalue weighted by Crippen LogP contribution is 2.39. The van der Waals surface area contributed by atoms with Gasteiger partial charge in [0.15, 0.2) is 0 Å². The molecule has 0 N–H and O–H groups in total. The lowest BCUT2D eigenvalue weighted by Gasteiger charge is -2.42. The third-order valence-corrected chi connectivity index (χ3v) is 6.15. The molecule has 132 valence electrons. The summed E-state index contributed by atoms with van der Waals surface area (Å²) >= 11 is 0. The number of carbonyl (C=O) groups is 1. The van der Waals surface area contributed by atoms with Crippen molar-refractivity contribution in [3.8, 4) is 0 Å². The van der Waals surface area contributed by atoms with Gasteiger partial charge in [0.1, 0.15) is 0 Å². The minimum absolute atomic E-state index is 0.196. The molecule has 0 bridgehead atoms. The molecule has 0 unspecified atom stereocenters. The fourth-order valence-corrected chi connectivity index (χ4v) is 4.11. The summed E-state index contributed by atoms with van der Waals surface area (Å²) in [6, 6.07) is 20.4. The third kappa shape index (κ3) is 3.78. The van der Waals surface area contributed by atoms with E-state index in [4.69, 9.17) is 0 Å². The van der Waals surface area contributed by atoms with Crippen molar-refractivity contribution >= 4 is 5.91 Å². The van der Waals surface area contributed by atoms with Gasteiger partial charge in [-0.2, -0.15) is 0 Å². The number of rotatable bonds is 5. The molecular weight excluding hydrogens is 306 g/mol. The summed E-state index contributed by atoms with van der Waals surface area (Å²) in [5.41, 5.74) is 2.61. The van der Waals surface area contributed by atoms with Crippen molar-refractivity contribution in [3.63, 3.8) is 0 Å². The van der Waals surface area contributed by atoms with Gasteiger partial charge >= 0.3 is 0 Å². The Balaban J connectivity index is 1.84. The van der Waals surface area contributed by atoms with Gasteiger partial charge in [-0.15, -0.1) is 0 Å². The van der Waals surface area contributed by atoms with Crippen LogP contribution in [0.1, 0.15) is 56.6 Å². The Morgan fingerprint density at radius 2 is 1.32 bits per heavy atom. The molecule has 1 aliphatic rings. The van der Waals surface area contributed by atoms with Crippen LogP contribution >= 0.6 is 0 Å². The number of piperidine rings is 1. The molecule has 0 aromatic heterocycles. The van der Waals surface area contributed by atoms with E-state index in [0.717, 1.165) is 37.1 Å². The maximum atomic E-state index is 13.4. The van der Waals surface area contributed by atoms with Crippen LogP contribution in [-0.2, 0) is 4.79 Å². The summed E-state index contributed by atoms with van der Waals surface area (Å²) in [4.78, 5) is 15.5. The molecule has 0 radical (unpaired) electrons. The van der Waals surface area contributed by atoms with Crippen LogP contribution in [0.4, 0.5) is 0 Å². The lowest BCUT2D eigenvalue weighted by atomic mass is 9.74. The normalized spacial score (nSPS) is 16.8. The monoisotopic (exact) mass is 335 g/mol. The molecule has 2 heteroatoms. The van der Waals surface area contributed by atoms with Crippen molar-refractivity contribution in [2.75, 3.05) is 13.1 Å². The zero-order chi connectivity index (χ0) is 17.7. The van der Waals surface area contributed by atoms with E-state index in [0.29, 0.717) is 5.41 Å². The van der Waals surface area contributed by atoms with Crippen LogP contribution in [0.5, 0.6) is 0 Å². The number of hydrogen-bond donors (Lipinski definition) is 0. The Bertz CT molecular complexity index is 626. The SMILES string of the molecule is CCC1(CC)CCN(C(=O)C(c2ccccc2)c2ccccc2)CC1. The van der Waals surface area contributed by atoms with Crippen molar-refractivity contribution < 1.29 is 4.79 Å². The number of likely N-dealkylation sites (tertiary alicyclic amines) is 1. The molecule has 1 saturated heterocycles. The second-order valence-corrected chi connectivity index (χ2v) is 7.29. The molecule has 0 aliphatic carbocycles. The van der Waals surface area contributed by atoms with E-state index in [9.17, 15) is 4.79 Å². The predicted octanol–water partition coefficient (Wildman–Crippen LogP) is 5.25. The van der Waals surface area contributed by atoms with Gasteiger partial charge in [0, 0.05) is 13.1 Å². The van der Waals surface area contributed by atoms with Crippen LogP contribution in [-0.4, -0.2) is 23.9 Å². The van der Waals surface area contributed by atoms with Crippen LogP contribution in [0.3, 0.4) is 0 Å². The summed E-state index contributed by atoms with van der Waals surface area (Å²) in [6.45, 7) is 6.35. The van der Waals surface area contributed by atoms with Gasteiger partial charge in [0.25, 0.3) is 0 Å². The highest BCUT2D eigenvalue weighted by Gasteiger charge is 2.35. The van der Waals surface area contributed by atoms with E-state index >= 15 is 0 Å². The first kappa shape index (κ1) is 17.7. The summed E-state index contributed by atoms with van der Waals surface area (Å²) < 4.78 is 0. The third-order valence-electron chi connectivity index (χ3n) is 6.15. The number of benzene rings is 2. The van der Waals surface area contributed by atoms with Gasteiger partial charge in [0.2, 0.25) is 5.91 Å². The fourth-order valence-electron chi connectivity index (χ4n) is 4.11. The van der Waals surface area contributed by atoms with E-state index in [1.165, 1.54) is 12.8 Å². The minimum Gasteiger partial charge on any atom is -0.342 e. The van der Waals surface area contributed by atoms with Gasteiger partial charge < -0.3 is 4.90 Å². The van der Waals surface area contributed by atoms with Gasteiger partial charge in [-0.25, -0.2) is 0 Å². The minimum atomic E-state index is -0.196. The van der Waals surface area contributed by atoms with Crippen molar-refractivity contribution in [1.29, 1.82) is 0 Å². The zero-order valence-electron chi connectivity index (χ0n) is 15.4. The average Bonchev–Trinajstić information content (AvgIpc) is 2.70. The molecule has 1 amide bonds. The molecular formula is C23H29NO. The molecule has 0 atom stereocenters. The Morgan fingerprint density at radius 3 is 1.72 bits per heavy atom. The summed E-state index contributed by atoms with van der Waals surface area (Å²) in [5.74, 6) is 0.0522. The van der Waals surface area contributed by atoms with Crippen molar-refractivity contribution in [3.05, 3.63) is 71.8 Å². The van der Waals surface area contributed by atoms with Crippen molar-refractivity contribution in [2.45, 2.75) is 45.4 Å². The lowest BCUT2D eigenvalue weighted by molar-refractivity contribution is -0.134. The summed E-state index contributed by atoms with van der Waals surface area (Å²) in [6.07, 6.45) is 4.68. The number of hydrogen-bond acceptors (Lipinski definition) is 1. The molecule has 3 rings (SSSR count). The standard InChI is InChI=1S/C23H29NO/c1-3-23(4-2)15-17-24(18-16-23)22(25)21(19-11-7-5-8-12-19)20-13-9-6-10-14-20/h5-14,21H,3-4,15-18H2,1-2H3. The highest BCUT2D eigenvalue weighted by atomic mass is 16.2. The molecule has 1 heterocycles. The molecule has 2 aromatic carbocycles. The van der Waals surface area contributed by atoms with Crippen molar-refractivity contribution in [2.24, 2.45) is 5.41 Å². The Hall–Kier alpha value is -2.09. The summed E-state index contributed by atoms with van der Waals surface area (Å²) in [7, 11) is 0. The van der Waals surface area contributed by atoms with Gasteiger partial charge in [-0.1, -0.05) is 87.4 Å². The fraction of sp³-hybridized carbons (Fsp3) is 0.435. The smallest absolute Gasteiger partial charge is 0.234 e. The van der Waals surface area contributed by atoms with Gasteiger partial charge in [0.05, 0.1) is 5.92 Å². The molecule has 0 saturated carbocycles. The largest absolute Gasteiger partial charge is 0.342 e. The zero-order valence-corrected chi connectivity index (χ0v) is 15.4. The van der Waals surface area contributed by atoms with Gasteiger partial charge in [-0.05, 0) is 29.4 Å². The number of amides is 1. The van der Waals surface area contributed by atoms with Crippen LogP contribution in [0.15, 0.2) is 60.7 Å². The molecule has 0 spiro atoms. The molecule has 25 heavy (non-hydrogen) atoms. The van der Waals surface area contributed by atoms with E-state index in [1.54, 1.807) is 0 Å². The maximum Gasteiger partial charge on any atom is 0.234 e. The van der Waals surface area contributed by atoms with Crippen LogP contribution < -0.4 is 0 Å². The van der Waals surface area contributed by atoms with E-state index in [2.05, 4.69) is 43.0 Å². The van der Waals surface area contributed by atoms with E-state index in [-0.39, 0.29) is 11.8 Å². The molecule has 1 aliphatic heterocycles. The number of nitrogens with zero attached hydrogens (tertiary/aromatic N) is 1. The summed E-state index contributed by atoms with van der Waals surface area (Å²) in [5, 5.41) is 0. The topological polar surface area (TPSA) is 20.3 Å². The van der Waals surface area contributed by atoms with E-state index in [1.807, 2.05) is 36.4 Å². The molecule has 1 fully saturated rings. The second-order valence-electron chi connectivity index (χ2n) is 7.29. The van der Waals surface area contributed by atoms with Crippen LogP contribution in [0.25, 0.3) is 0 Å². The first-order valence-corrected chi connectivity index (χ1v) is 9.58. The lowest BCUT2D eigenvalue weighted by Crippen LogP contribution is -2.44. The van der Waals surface area contributed by atoms with Crippen molar-refractivity contribution in [1.82, 2.24) is 4.90 Å². The predicted molar refractivity (Wildman–Crippen MR) is 104 cm³/mol. The number of carbonyl (C=O) groups excluding carboxylic acids is 1. The van der Waals surface area contributed by atoms with Crippen LogP contribution in [0.2, 0.25) is 0 Å². The molecule has 2 nitrogen and oxygen atoms in total. The van der Waals surface area contributed by atoms with E-state index < -0.39 is 0 Å². The Labute approximate surface area is 151 Å². The quantitative estimate of drug-likeness (QED) is 0.731. The Kier molecular flexibility index (Phi) is 5.57. The molecule has 2 aromatic rings. The average molecular weight is 335 g/mol.